The first-order chi connectivity index (χ1) is 25.3. The van der Waals surface area contributed by atoms with Gasteiger partial charge in [-0.1, -0.05) is 57.9 Å². The highest BCUT2D eigenvalue weighted by atomic mass is 32.1. The average molecular weight is 769 g/mol. The van der Waals surface area contributed by atoms with Gasteiger partial charge in [-0.25, -0.2) is 9.78 Å². The van der Waals surface area contributed by atoms with Gasteiger partial charge in [-0.05, 0) is 70.4 Å². The molecule has 298 valence electrons. The fourth-order valence-electron chi connectivity index (χ4n) is 6.84. The van der Waals surface area contributed by atoms with Gasteiger partial charge < -0.3 is 35.6 Å². The number of carbonyl (C=O) groups is 5. The second kappa shape index (κ2) is 18.5. The van der Waals surface area contributed by atoms with E-state index in [-0.39, 0.29) is 49.1 Å². The standard InChI is InChI=1S/C40H60N6O7S/c1-25(27-14-16-28(17-15-27)33-26(2)42-24-54-33)43-36(50)31-21-30(47)23-46(31)37(51)34(39(3,4)5)44-32(48)13-11-9-10-12-19-41-35(49)29-18-20-45(22-29)38(52)53-40(6,7)8/h14-17,24-25,29-31,34,47H,9-13,18-23H2,1-8H3,(H,41,49)(H,43,50)(H,44,48)/t25?,29-,30+,31-,34?/m0/s1. The fraction of sp³-hybridized carbons (Fsp3) is 0.650. The number of thiazole rings is 1. The van der Waals surface area contributed by atoms with Crippen LogP contribution in [0.4, 0.5) is 4.79 Å². The van der Waals surface area contributed by atoms with Gasteiger partial charge in [-0.15, -0.1) is 11.3 Å². The molecular formula is C40H60N6O7S. The molecule has 2 aromatic rings. The molecule has 0 spiro atoms. The number of aromatic nitrogens is 1. The number of benzene rings is 1. The van der Waals surface area contributed by atoms with Gasteiger partial charge in [0, 0.05) is 39.0 Å². The van der Waals surface area contributed by atoms with Crippen LogP contribution in [0.3, 0.4) is 0 Å². The monoisotopic (exact) mass is 768 g/mol. The quantitative estimate of drug-likeness (QED) is 0.192. The Morgan fingerprint density at radius 3 is 2.28 bits per heavy atom. The van der Waals surface area contributed by atoms with Crippen molar-refractivity contribution < 1.29 is 33.8 Å². The van der Waals surface area contributed by atoms with Crippen molar-refractivity contribution in [2.24, 2.45) is 11.3 Å². The Morgan fingerprint density at radius 2 is 1.65 bits per heavy atom. The van der Waals surface area contributed by atoms with Crippen LogP contribution < -0.4 is 16.0 Å². The molecule has 54 heavy (non-hydrogen) atoms. The Hall–Kier alpha value is -4.04. The third-order valence-electron chi connectivity index (χ3n) is 9.90. The zero-order valence-electron chi connectivity index (χ0n) is 33.2. The summed E-state index contributed by atoms with van der Waals surface area (Å²) in [4.78, 5) is 74.0. The Morgan fingerprint density at radius 1 is 0.963 bits per heavy atom. The zero-order chi connectivity index (χ0) is 39.8. The first-order valence-corrected chi connectivity index (χ1v) is 20.1. The minimum atomic E-state index is -0.886. The Kier molecular flexibility index (Phi) is 14.7. The van der Waals surface area contributed by atoms with E-state index in [0.29, 0.717) is 32.5 Å². The molecule has 5 atom stereocenters. The summed E-state index contributed by atoms with van der Waals surface area (Å²) in [7, 11) is 0. The number of nitrogens with one attached hydrogen (secondary N) is 3. The lowest BCUT2D eigenvalue weighted by atomic mass is 9.85. The number of carbonyl (C=O) groups excluding carboxylic acids is 5. The van der Waals surface area contributed by atoms with Gasteiger partial charge in [0.25, 0.3) is 0 Å². The Bertz CT molecular complexity index is 1620. The van der Waals surface area contributed by atoms with E-state index in [9.17, 15) is 29.1 Å². The van der Waals surface area contributed by atoms with Crippen LogP contribution in [0.25, 0.3) is 10.4 Å². The molecule has 2 aliphatic heterocycles. The highest BCUT2D eigenvalue weighted by Crippen LogP contribution is 2.30. The van der Waals surface area contributed by atoms with Crippen LogP contribution in [0.1, 0.15) is 111 Å². The van der Waals surface area contributed by atoms with E-state index in [2.05, 4.69) is 20.9 Å². The Balaban J connectivity index is 1.20. The molecule has 0 aliphatic carbocycles. The number of likely N-dealkylation sites (tertiary alicyclic amines) is 2. The van der Waals surface area contributed by atoms with E-state index >= 15 is 0 Å². The van der Waals surface area contributed by atoms with Gasteiger partial charge in [-0.3, -0.25) is 19.2 Å². The number of amides is 5. The van der Waals surface area contributed by atoms with Gasteiger partial charge in [0.1, 0.15) is 17.7 Å². The van der Waals surface area contributed by atoms with Crippen molar-refractivity contribution in [2.45, 2.75) is 130 Å². The van der Waals surface area contributed by atoms with Gasteiger partial charge in [0.15, 0.2) is 0 Å². The van der Waals surface area contributed by atoms with Crippen molar-refractivity contribution >= 4 is 41.1 Å². The number of ether oxygens (including phenoxy) is 1. The maximum Gasteiger partial charge on any atom is 0.410 e. The van der Waals surface area contributed by atoms with E-state index in [1.807, 2.05) is 85.2 Å². The molecule has 14 heteroatoms. The number of unbranched alkanes of at least 4 members (excludes halogenated alkanes) is 3. The summed E-state index contributed by atoms with van der Waals surface area (Å²) in [5.41, 5.74) is 3.52. The minimum absolute atomic E-state index is 0.00985. The van der Waals surface area contributed by atoms with Gasteiger partial charge >= 0.3 is 6.09 Å². The highest BCUT2D eigenvalue weighted by Gasteiger charge is 2.44. The van der Waals surface area contributed by atoms with Crippen molar-refractivity contribution in [3.63, 3.8) is 0 Å². The van der Waals surface area contributed by atoms with E-state index in [1.165, 1.54) is 4.90 Å². The van der Waals surface area contributed by atoms with Gasteiger partial charge in [0.2, 0.25) is 23.6 Å². The second-order valence-corrected chi connectivity index (χ2v) is 17.6. The maximum absolute atomic E-state index is 14.0. The molecule has 0 radical (unpaired) electrons. The number of β-amino-alcohol motifs (C(OH)–C–C–N with tert-alkyl or cyclic N) is 1. The molecule has 0 saturated carbocycles. The maximum atomic E-state index is 14.0. The van der Waals surface area contributed by atoms with Crippen LogP contribution in [-0.4, -0.2) is 99.6 Å². The lowest BCUT2D eigenvalue weighted by Crippen LogP contribution is -2.57. The zero-order valence-corrected chi connectivity index (χ0v) is 34.0. The summed E-state index contributed by atoms with van der Waals surface area (Å²) in [6.45, 7) is 16.3. The van der Waals surface area contributed by atoms with E-state index < -0.39 is 41.2 Å². The van der Waals surface area contributed by atoms with E-state index in [4.69, 9.17) is 4.74 Å². The first-order valence-electron chi connectivity index (χ1n) is 19.2. The molecule has 0 bridgehead atoms. The lowest BCUT2D eigenvalue weighted by molar-refractivity contribution is -0.144. The van der Waals surface area contributed by atoms with Crippen molar-refractivity contribution in [1.82, 2.24) is 30.7 Å². The molecule has 4 rings (SSSR count). The molecule has 5 amide bonds. The predicted molar refractivity (Wildman–Crippen MR) is 208 cm³/mol. The van der Waals surface area contributed by atoms with Crippen molar-refractivity contribution in [3.8, 4) is 10.4 Å². The van der Waals surface area contributed by atoms with Crippen LogP contribution in [0.5, 0.6) is 0 Å². The Labute approximate surface area is 324 Å². The minimum Gasteiger partial charge on any atom is -0.444 e. The largest absolute Gasteiger partial charge is 0.444 e. The van der Waals surface area contributed by atoms with Crippen molar-refractivity contribution in [1.29, 1.82) is 0 Å². The summed E-state index contributed by atoms with van der Waals surface area (Å²) in [6, 6.07) is 5.86. The number of rotatable bonds is 14. The third-order valence-corrected chi connectivity index (χ3v) is 10.9. The number of nitrogens with zero attached hydrogens (tertiary/aromatic N) is 3. The predicted octanol–water partition coefficient (Wildman–Crippen LogP) is 5.11. The van der Waals surface area contributed by atoms with Crippen LogP contribution in [0, 0.1) is 18.3 Å². The topological polar surface area (TPSA) is 170 Å². The molecule has 2 fully saturated rings. The summed E-state index contributed by atoms with van der Waals surface area (Å²) >= 11 is 1.58. The third kappa shape index (κ3) is 12.0. The first kappa shape index (κ1) is 42.7. The molecule has 13 nitrogen and oxygen atoms in total. The second-order valence-electron chi connectivity index (χ2n) is 16.7. The lowest BCUT2D eigenvalue weighted by Gasteiger charge is -2.35. The highest BCUT2D eigenvalue weighted by molar-refractivity contribution is 7.13. The molecule has 2 saturated heterocycles. The van der Waals surface area contributed by atoms with Crippen LogP contribution in [0.15, 0.2) is 29.8 Å². The average Bonchev–Trinajstić information content (AvgIpc) is 3.85. The number of aliphatic hydroxyl groups is 1. The number of aliphatic hydroxyl groups excluding tert-OH is 1. The fourth-order valence-corrected chi connectivity index (χ4v) is 7.65. The van der Waals surface area contributed by atoms with Crippen molar-refractivity contribution in [2.75, 3.05) is 26.2 Å². The summed E-state index contributed by atoms with van der Waals surface area (Å²) < 4.78 is 5.41. The number of hydrogen-bond donors (Lipinski definition) is 4. The van der Waals surface area contributed by atoms with Gasteiger partial charge in [-0.2, -0.15) is 0 Å². The van der Waals surface area contributed by atoms with Crippen molar-refractivity contribution in [3.05, 3.63) is 41.0 Å². The SMILES string of the molecule is Cc1ncsc1-c1ccc(C(C)NC(=O)[C@@H]2C[C@@H](O)CN2C(=O)C(NC(=O)CCCCCCNC(=O)[C@H]2CCN(C(=O)OC(C)(C)C)C2)C(C)(C)C)cc1. The molecule has 1 aromatic carbocycles. The normalized spacial score (nSPS) is 20.0. The number of hydrogen-bond acceptors (Lipinski definition) is 9. The smallest absolute Gasteiger partial charge is 0.410 e. The van der Waals surface area contributed by atoms with E-state index in [1.54, 1.807) is 16.2 Å². The summed E-state index contributed by atoms with van der Waals surface area (Å²) in [6.07, 6.45) is 2.69. The number of aryl methyl sites for hydroxylation is 1. The summed E-state index contributed by atoms with van der Waals surface area (Å²) in [5.74, 6) is -1.31. The molecule has 2 unspecified atom stereocenters. The molecule has 1 aromatic heterocycles. The van der Waals surface area contributed by atoms with Crippen LogP contribution in [0.2, 0.25) is 0 Å². The molecule has 2 aliphatic rings. The summed E-state index contributed by atoms with van der Waals surface area (Å²) in [5, 5.41) is 19.5. The molecule has 3 heterocycles. The molecular weight excluding hydrogens is 709 g/mol. The van der Waals surface area contributed by atoms with Crippen LogP contribution >= 0.6 is 11.3 Å². The van der Waals surface area contributed by atoms with Gasteiger partial charge in [0.05, 0.1) is 34.1 Å². The molecule has 4 N–H and O–H groups in total. The van der Waals surface area contributed by atoms with E-state index in [0.717, 1.165) is 41.0 Å². The van der Waals surface area contributed by atoms with Crippen LogP contribution in [-0.2, 0) is 23.9 Å².